The van der Waals surface area contributed by atoms with E-state index in [-0.39, 0.29) is 6.10 Å². The minimum atomic E-state index is -0.229. The number of rotatable bonds is 8. The lowest BCUT2D eigenvalue weighted by Gasteiger charge is -2.22. The fourth-order valence-electron chi connectivity index (χ4n) is 1.78. The van der Waals surface area contributed by atoms with Crippen molar-refractivity contribution in [3.05, 3.63) is 0 Å². The van der Waals surface area contributed by atoms with Crippen molar-refractivity contribution in [3.8, 4) is 0 Å². The molecule has 1 saturated carbocycles. The Morgan fingerprint density at radius 1 is 1.33 bits per heavy atom. The van der Waals surface area contributed by atoms with E-state index in [1.165, 1.54) is 12.8 Å². The summed E-state index contributed by atoms with van der Waals surface area (Å²) in [4.78, 5) is 2.26. The molecule has 2 N–H and O–H groups in total. The molecule has 1 unspecified atom stereocenters. The fraction of sp³-hybridized carbons (Fsp3) is 1.00. The van der Waals surface area contributed by atoms with E-state index in [1.54, 1.807) is 0 Å². The lowest BCUT2D eigenvalue weighted by atomic mass is 10.1. The van der Waals surface area contributed by atoms with E-state index < -0.39 is 0 Å². The average Bonchev–Trinajstić information content (AvgIpc) is 2.93. The van der Waals surface area contributed by atoms with Crippen LogP contribution >= 0.6 is 0 Å². The molecule has 1 aliphatic rings. The maximum Gasteiger partial charge on any atom is 0.0791 e. The molecule has 1 rings (SSSR count). The van der Waals surface area contributed by atoms with Crippen LogP contribution in [0.25, 0.3) is 0 Å². The summed E-state index contributed by atoms with van der Waals surface area (Å²) in [5.41, 5.74) is 0.537. The number of likely N-dealkylation sites (N-methyl/N-ethyl adjacent to an activating group) is 1. The third-order valence-corrected chi connectivity index (χ3v) is 3.40. The number of nitrogens with zero attached hydrogens (tertiary/aromatic N) is 1. The zero-order valence-electron chi connectivity index (χ0n) is 10.4. The Labute approximate surface area is 93.9 Å². The van der Waals surface area contributed by atoms with Crippen LogP contribution in [0.1, 0.15) is 33.6 Å². The van der Waals surface area contributed by atoms with Gasteiger partial charge in [-0.1, -0.05) is 20.8 Å². The molecule has 0 amide bonds. The van der Waals surface area contributed by atoms with Crippen LogP contribution in [0.15, 0.2) is 0 Å². The third-order valence-electron chi connectivity index (χ3n) is 3.40. The van der Waals surface area contributed by atoms with Gasteiger partial charge in [-0.25, -0.2) is 0 Å². The summed E-state index contributed by atoms with van der Waals surface area (Å²) in [5.74, 6) is 0. The Kier molecular flexibility index (Phi) is 5.03. The second-order valence-electron chi connectivity index (χ2n) is 5.08. The van der Waals surface area contributed by atoms with Gasteiger partial charge in [0.25, 0.3) is 0 Å². The molecule has 0 heterocycles. The first kappa shape index (κ1) is 12.9. The van der Waals surface area contributed by atoms with Crippen molar-refractivity contribution in [2.24, 2.45) is 5.41 Å². The highest BCUT2D eigenvalue weighted by Gasteiger charge is 2.36. The van der Waals surface area contributed by atoms with Crippen LogP contribution in [0.3, 0.4) is 0 Å². The van der Waals surface area contributed by atoms with Gasteiger partial charge in [0.05, 0.1) is 6.10 Å². The molecule has 0 aromatic carbocycles. The van der Waals surface area contributed by atoms with E-state index in [2.05, 4.69) is 31.0 Å². The predicted molar refractivity (Wildman–Crippen MR) is 64.0 cm³/mol. The fourth-order valence-corrected chi connectivity index (χ4v) is 1.78. The first-order chi connectivity index (χ1) is 7.09. The quantitative estimate of drug-likeness (QED) is 0.634. The second-order valence-corrected chi connectivity index (χ2v) is 5.08. The largest absolute Gasteiger partial charge is 0.390 e. The molecular weight excluding hydrogens is 188 g/mol. The van der Waals surface area contributed by atoms with Crippen LogP contribution < -0.4 is 5.32 Å². The minimum Gasteiger partial charge on any atom is -0.390 e. The molecule has 0 aromatic rings. The average molecular weight is 214 g/mol. The summed E-state index contributed by atoms with van der Waals surface area (Å²) in [5, 5.41) is 13.2. The van der Waals surface area contributed by atoms with Crippen molar-refractivity contribution in [3.63, 3.8) is 0 Å². The molecule has 3 heteroatoms. The first-order valence-corrected chi connectivity index (χ1v) is 6.21. The second kappa shape index (κ2) is 5.83. The summed E-state index contributed by atoms with van der Waals surface area (Å²) < 4.78 is 0. The molecule has 1 fully saturated rings. The molecule has 0 spiro atoms. The number of aliphatic hydroxyl groups is 1. The predicted octanol–water partition coefficient (Wildman–Crippen LogP) is 1.08. The molecular formula is C12H26N2O. The van der Waals surface area contributed by atoms with Crippen molar-refractivity contribution >= 4 is 0 Å². The van der Waals surface area contributed by atoms with Crippen LogP contribution in [0.2, 0.25) is 0 Å². The molecule has 1 aliphatic carbocycles. The SMILES string of the molecule is CCN(CC)CC(O)CNCC1(C)CC1. The van der Waals surface area contributed by atoms with Crippen LogP contribution in [0, 0.1) is 5.41 Å². The smallest absolute Gasteiger partial charge is 0.0791 e. The maximum absolute atomic E-state index is 9.79. The Morgan fingerprint density at radius 3 is 2.40 bits per heavy atom. The van der Waals surface area contributed by atoms with Gasteiger partial charge in [-0.3, -0.25) is 0 Å². The van der Waals surface area contributed by atoms with Crippen LogP contribution in [-0.2, 0) is 0 Å². The highest BCUT2D eigenvalue weighted by Crippen LogP contribution is 2.43. The standard InChI is InChI=1S/C12H26N2O/c1-4-14(5-2)9-11(15)8-13-10-12(3)6-7-12/h11,13,15H,4-10H2,1-3H3. The molecule has 0 bridgehead atoms. The molecule has 90 valence electrons. The van der Waals surface area contributed by atoms with Crippen LogP contribution in [-0.4, -0.2) is 48.8 Å². The zero-order valence-corrected chi connectivity index (χ0v) is 10.4. The highest BCUT2D eigenvalue weighted by atomic mass is 16.3. The number of hydrogen-bond donors (Lipinski definition) is 2. The Bertz CT molecular complexity index is 176. The highest BCUT2D eigenvalue weighted by molar-refractivity contribution is 4.90. The van der Waals surface area contributed by atoms with Gasteiger partial charge in [-0.05, 0) is 31.3 Å². The van der Waals surface area contributed by atoms with Crippen molar-refractivity contribution in [1.29, 1.82) is 0 Å². The van der Waals surface area contributed by atoms with E-state index in [0.29, 0.717) is 5.41 Å². The Morgan fingerprint density at radius 2 is 1.93 bits per heavy atom. The molecule has 1 atom stereocenters. The number of aliphatic hydroxyl groups excluding tert-OH is 1. The van der Waals surface area contributed by atoms with Crippen LogP contribution in [0.5, 0.6) is 0 Å². The normalized spacial score (nSPS) is 20.6. The zero-order chi connectivity index (χ0) is 11.3. The lowest BCUT2D eigenvalue weighted by Crippen LogP contribution is -2.39. The van der Waals surface area contributed by atoms with Gasteiger partial charge in [-0.15, -0.1) is 0 Å². The Hall–Kier alpha value is -0.120. The van der Waals surface area contributed by atoms with Gasteiger partial charge in [0.15, 0.2) is 0 Å². The summed E-state index contributed by atoms with van der Waals surface area (Å²) >= 11 is 0. The van der Waals surface area contributed by atoms with E-state index in [0.717, 1.165) is 32.7 Å². The first-order valence-electron chi connectivity index (χ1n) is 6.21. The lowest BCUT2D eigenvalue weighted by molar-refractivity contribution is 0.115. The number of hydrogen-bond acceptors (Lipinski definition) is 3. The summed E-state index contributed by atoms with van der Waals surface area (Å²) in [6.07, 6.45) is 2.45. The molecule has 3 nitrogen and oxygen atoms in total. The van der Waals surface area contributed by atoms with Crippen molar-refractivity contribution in [2.45, 2.75) is 39.7 Å². The number of nitrogens with one attached hydrogen (secondary N) is 1. The van der Waals surface area contributed by atoms with Gasteiger partial charge in [0, 0.05) is 19.6 Å². The molecule has 0 saturated heterocycles. The third kappa shape index (κ3) is 4.96. The van der Waals surface area contributed by atoms with E-state index in [1.807, 2.05) is 0 Å². The molecule has 0 aliphatic heterocycles. The summed E-state index contributed by atoms with van der Waals surface area (Å²) in [6, 6.07) is 0. The van der Waals surface area contributed by atoms with Gasteiger partial charge >= 0.3 is 0 Å². The Balaban J connectivity index is 2.04. The maximum atomic E-state index is 9.79. The van der Waals surface area contributed by atoms with E-state index in [4.69, 9.17) is 0 Å². The molecule has 0 aromatic heterocycles. The minimum absolute atomic E-state index is 0.229. The molecule has 0 radical (unpaired) electrons. The summed E-state index contributed by atoms with van der Waals surface area (Å²) in [7, 11) is 0. The van der Waals surface area contributed by atoms with Gasteiger partial charge in [-0.2, -0.15) is 0 Å². The van der Waals surface area contributed by atoms with Gasteiger partial charge < -0.3 is 15.3 Å². The van der Waals surface area contributed by atoms with E-state index >= 15 is 0 Å². The molecule has 15 heavy (non-hydrogen) atoms. The van der Waals surface area contributed by atoms with E-state index in [9.17, 15) is 5.11 Å². The van der Waals surface area contributed by atoms with Crippen LogP contribution in [0.4, 0.5) is 0 Å². The van der Waals surface area contributed by atoms with Gasteiger partial charge in [0.1, 0.15) is 0 Å². The van der Waals surface area contributed by atoms with Gasteiger partial charge in [0.2, 0.25) is 0 Å². The van der Waals surface area contributed by atoms with Crippen molar-refractivity contribution in [2.75, 3.05) is 32.7 Å². The summed E-state index contributed by atoms with van der Waals surface area (Å²) in [6.45, 7) is 11.2. The van der Waals surface area contributed by atoms with Crippen molar-refractivity contribution < 1.29 is 5.11 Å². The van der Waals surface area contributed by atoms with Crippen molar-refractivity contribution in [1.82, 2.24) is 10.2 Å². The topological polar surface area (TPSA) is 35.5 Å². The monoisotopic (exact) mass is 214 g/mol.